The summed E-state index contributed by atoms with van der Waals surface area (Å²) in [5, 5.41) is 2.71. The van der Waals surface area contributed by atoms with Crippen molar-refractivity contribution in [3.8, 4) is 0 Å². The number of hydrogen-bond acceptors (Lipinski definition) is 2. The van der Waals surface area contributed by atoms with E-state index in [1.807, 2.05) is 42.5 Å². The molecule has 1 aliphatic heterocycles. The van der Waals surface area contributed by atoms with E-state index in [2.05, 4.69) is 17.4 Å². The molecule has 0 saturated carbocycles. The standard InChI is InChI=1S/C25H23FN2O2/c26-22-12-6-4-11-20(22)17-27-24(29)21-14-15-28(25(21)30)23-13-7-5-10-19(23)16-18-8-2-1-3-9-18/h1-13,21H,14-17H2,(H,27,29). The van der Waals surface area contributed by atoms with Crippen molar-refractivity contribution in [2.24, 2.45) is 5.92 Å². The van der Waals surface area contributed by atoms with Crippen LogP contribution in [-0.4, -0.2) is 18.4 Å². The zero-order valence-electron chi connectivity index (χ0n) is 16.6. The fraction of sp³-hybridized carbons (Fsp3) is 0.200. The minimum atomic E-state index is -0.749. The van der Waals surface area contributed by atoms with Gasteiger partial charge in [-0.2, -0.15) is 0 Å². The Kier molecular flexibility index (Phi) is 5.89. The Morgan fingerprint density at radius 1 is 0.933 bits per heavy atom. The minimum Gasteiger partial charge on any atom is -0.351 e. The van der Waals surface area contributed by atoms with Gasteiger partial charge in [0.2, 0.25) is 11.8 Å². The van der Waals surface area contributed by atoms with Gasteiger partial charge < -0.3 is 10.2 Å². The first-order valence-corrected chi connectivity index (χ1v) is 10.1. The van der Waals surface area contributed by atoms with Gasteiger partial charge in [-0.1, -0.05) is 66.7 Å². The minimum absolute atomic E-state index is 0.0693. The number of carbonyl (C=O) groups excluding carboxylic acids is 2. The second kappa shape index (κ2) is 8.91. The monoisotopic (exact) mass is 402 g/mol. The molecular formula is C25H23FN2O2. The van der Waals surface area contributed by atoms with Gasteiger partial charge in [-0.3, -0.25) is 9.59 Å². The molecule has 1 heterocycles. The van der Waals surface area contributed by atoms with Gasteiger partial charge in [-0.25, -0.2) is 4.39 Å². The van der Waals surface area contributed by atoms with E-state index in [-0.39, 0.29) is 24.2 Å². The summed E-state index contributed by atoms with van der Waals surface area (Å²) >= 11 is 0. The first kappa shape index (κ1) is 19.8. The van der Waals surface area contributed by atoms with Gasteiger partial charge in [0.05, 0.1) is 0 Å². The van der Waals surface area contributed by atoms with E-state index < -0.39 is 5.92 Å². The maximum absolute atomic E-state index is 13.8. The van der Waals surface area contributed by atoms with Crippen LogP contribution >= 0.6 is 0 Å². The number of carbonyl (C=O) groups is 2. The van der Waals surface area contributed by atoms with Gasteiger partial charge in [0.1, 0.15) is 11.7 Å². The third-order valence-electron chi connectivity index (χ3n) is 5.45. The second-order valence-corrected chi connectivity index (χ2v) is 7.43. The Morgan fingerprint density at radius 3 is 2.37 bits per heavy atom. The maximum atomic E-state index is 13.8. The van der Waals surface area contributed by atoms with Crippen LogP contribution < -0.4 is 10.2 Å². The normalized spacial score (nSPS) is 16.0. The first-order valence-electron chi connectivity index (χ1n) is 10.1. The number of nitrogens with one attached hydrogen (secondary N) is 1. The van der Waals surface area contributed by atoms with Crippen molar-refractivity contribution in [1.29, 1.82) is 0 Å². The topological polar surface area (TPSA) is 49.4 Å². The lowest BCUT2D eigenvalue weighted by molar-refractivity contribution is -0.132. The molecule has 0 spiro atoms. The molecule has 5 heteroatoms. The predicted octanol–water partition coefficient (Wildman–Crippen LogP) is 4.09. The van der Waals surface area contributed by atoms with E-state index in [0.717, 1.165) is 16.8 Å². The van der Waals surface area contributed by atoms with Gasteiger partial charge in [0.25, 0.3) is 0 Å². The van der Waals surface area contributed by atoms with E-state index in [1.165, 1.54) is 6.07 Å². The Labute approximate surface area is 175 Å². The Bertz CT molecular complexity index is 1050. The molecule has 1 aliphatic rings. The van der Waals surface area contributed by atoms with Crippen LogP contribution in [0.1, 0.15) is 23.1 Å². The summed E-state index contributed by atoms with van der Waals surface area (Å²) in [4.78, 5) is 27.3. The molecule has 1 fully saturated rings. The van der Waals surface area contributed by atoms with Crippen molar-refractivity contribution in [3.63, 3.8) is 0 Å². The molecule has 1 atom stereocenters. The first-order chi connectivity index (χ1) is 14.6. The van der Waals surface area contributed by atoms with Crippen LogP contribution in [0.5, 0.6) is 0 Å². The summed E-state index contributed by atoms with van der Waals surface area (Å²) in [6.07, 6.45) is 1.16. The molecule has 1 saturated heterocycles. The highest BCUT2D eigenvalue weighted by atomic mass is 19.1. The van der Waals surface area contributed by atoms with E-state index >= 15 is 0 Å². The smallest absolute Gasteiger partial charge is 0.239 e. The summed E-state index contributed by atoms with van der Waals surface area (Å²) in [7, 11) is 0. The van der Waals surface area contributed by atoms with Crippen LogP contribution in [0, 0.1) is 11.7 Å². The van der Waals surface area contributed by atoms with Crippen LogP contribution in [0.4, 0.5) is 10.1 Å². The SMILES string of the molecule is O=C(NCc1ccccc1F)C1CCN(c2ccccc2Cc2ccccc2)C1=O. The van der Waals surface area contributed by atoms with Crippen molar-refractivity contribution >= 4 is 17.5 Å². The number of halogens is 1. The molecule has 3 aromatic carbocycles. The summed E-state index contributed by atoms with van der Waals surface area (Å²) in [5.41, 5.74) is 3.46. The Hall–Kier alpha value is -3.47. The van der Waals surface area contributed by atoms with Crippen molar-refractivity contribution in [3.05, 3.63) is 101 Å². The predicted molar refractivity (Wildman–Crippen MR) is 114 cm³/mol. The fourth-order valence-electron chi connectivity index (χ4n) is 3.85. The highest BCUT2D eigenvalue weighted by Gasteiger charge is 2.38. The van der Waals surface area contributed by atoms with Crippen LogP contribution in [0.25, 0.3) is 0 Å². The summed E-state index contributed by atoms with van der Waals surface area (Å²) in [6, 6.07) is 24.2. The molecule has 0 aliphatic carbocycles. The van der Waals surface area contributed by atoms with Crippen LogP contribution in [-0.2, 0) is 22.6 Å². The van der Waals surface area contributed by atoms with Crippen molar-refractivity contribution in [2.45, 2.75) is 19.4 Å². The van der Waals surface area contributed by atoms with Gasteiger partial charge in [-0.05, 0) is 36.1 Å². The largest absolute Gasteiger partial charge is 0.351 e. The van der Waals surface area contributed by atoms with Crippen LogP contribution in [0.15, 0.2) is 78.9 Å². The molecule has 30 heavy (non-hydrogen) atoms. The summed E-state index contributed by atoms with van der Waals surface area (Å²) in [5.74, 6) is -1.68. The van der Waals surface area contributed by atoms with Gasteiger partial charge >= 0.3 is 0 Å². The lowest BCUT2D eigenvalue weighted by Gasteiger charge is -2.20. The highest BCUT2D eigenvalue weighted by Crippen LogP contribution is 2.30. The third kappa shape index (κ3) is 4.25. The van der Waals surface area contributed by atoms with Crippen molar-refractivity contribution < 1.29 is 14.0 Å². The molecule has 152 valence electrons. The number of nitrogens with zero attached hydrogens (tertiary/aromatic N) is 1. The number of benzene rings is 3. The summed E-state index contributed by atoms with van der Waals surface area (Å²) in [6.45, 7) is 0.558. The van der Waals surface area contributed by atoms with Gasteiger partial charge in [0.15, 0.2) is 0 Å². The molecule has 0 bridgehead atoms. The molecule has 4 nitrogen and oxygen atoms in total. The zero-order valence-corrected chi connectivity index (χ0v) is 16.6. The Morgan fingerprint density at radius 2 is 1.60 bits per heavy atom. The molecule has 1 N–H and O–H groups in total. The van der Waals surface area contributed by atoms with Crippen molar-refractivity contribution in [2.75, 3.05) is 11.4 Å². The fourth-order valence-corrected chi connectivity index (χ4v) is 3.85. The average molecular weight is 402 g/mol. The van der Waals surface area contributed by atoms with E-state index in [1.54, 1.807) is 23.1 Å². The Balaban J connectivity index is 1.46. The highest BCUT2D eigenvalue weighted by molar-refractivity contribution is 6.09. The van der Waals surface area contributed by atoms with E-state index in [0.29, 0.717) is 24.9 Å². The lowest BCUT2D eigenvalue weighted by atomic mass is 10.0. The maximum Gasteiger partial charge on any atom is 0.239 e. The molecule has 2 amide bonds. The molecule has 0 aromatic heterocycles. The van der Waals surface area contributed by atoms with Crippen LogP contribution in [0.3, 0.4) is 0 Å². The summed E-state index contributed by atoms with van der Waals surface area (Å²) < 4.78 is 13.8. The van der Waals surface area contributed by atoms with Crippen molar-refractivity contribution in [1.82, 2.24) is 5.32 Å². The zero-order chi connectivity index (χ0) is 20.9. The number of hydrogen-bond donors (Lipinski definition) is 1. The van der Waals surface area contributed by atoms with E-state index in [9.17, 15) is 14.0 Å². The molecule has 1 unspecified atom stereocenters. The molecular weight excluding hydrogens is 379 g/mol. The number of amides is 2. The molecule has 4 rings (SSSR count). The molecule has 0 radical (unpaired) electrons. The molecule has 3 aromatic rings. The van der Waals surface area contributed by atoms with E-state index in [4.69, 9.17) is 0 Å². The second-order valence-electron chi connectivity index (χ2n) is 7.43. The number of anilines is 1. The quantitative estimate of drug-likeness (QED) is 0.632. The van der Waals surface area contributed by atoms with Crippen LogP contribution in [0.2, 0.25) is 0 Å². The van der Waals surface area contributed by atoms with Gasteiger partial charge in [0, 0.05) is 24.3 Å². The average Bonchev–Trinajstić information content (AvgIpc) is 3.15. The number of para-hydroxylation sites is 1. The lowest BCUT2D eigenvalue weighted by Crippen LogP contribution is -2.37. The van der Waals surface area contributed by atoms with Gasteiger partial charge in [-0.15, -0.1) is 0 Å². The number of rotatable bonds is 6. The third-order valence-corrected chi connectivity index (χ3v) is 5.45.